The first-order valence-corrected chi connectivity index (χ1v) is 6.76. The number of anilines is 1. The van der Waals surface area contributed by atoms with Crippen molar-refractivity contribution >= 4 is 11.5 Å². The van der Waals surface area contributed by atoms with Crippen LogP contribution in [0.15, 0.2) is 18.3 Å². The van der Waals surface area contributed by atoms with Gasteiger partial charge in [-0.3, -0.25) is 10.4 Å². The van der Waals surface area contributed by atoms with Gasteiger partial charge in [0.1, 0.15) is 11.5 Å². The van der Waals surface area contributed by atoms with Gasteiger partial charge < -0.3 is 10.6 Å². The molecule has 0 saturated carbocycles. The standard InChI is InChI=1S/C14H22N4/c1-2-4-11-6-9-18(10-7-11)12-5-3-8-17-13(12)14(15)16/h3,5,8,11H,2,4,6-7,9-10H2,1H3,(H3,15,16). The van der Waals surface area contributed by atoms with Crippen molar-refractivity contribution < 1.29 is 0 Å². The Kier molecular flexibility index (Phi) is 4.18. The number of nitrogens with one attached hydrogen (secondary N) is 1. The van der Waals surface area contributed by atoms with Crippen LogP contribution in [-0.2, 0) is 0 Å². The van der Waals surface area contributed by atoms with E-state index in [9.17, 15) is 0 Å². The highest BCUT2D eigenvalue weighted by atomic mass is 15.1. The maximum Gasteiger partial charge on any atom is 0.143 e. The van der Waals surface area contributed by atoms with Crippen LogP contribution < -0.4 is 10.6 Å². The summed E-state index contributed by atoms with van der Waals surface area (Å²) in [5, 5.41) is 7.59. The van der Waals surface area contributed by atoms with E-state index in [0.29, 0.717) is 5.69 Å². The van der Waals surface area contributed by atoms with Gasteiger partial charge in [0.05, 0.1) is 5.69 Å². The maximum atomic E-state index is 7.59. The van der Waals surface area contributed by atoms with Gasteiger partial charge in [-0.05, 0) is 30.9 Å². The quantitative estimate of drug-likeness (QED) is 0.633. The topological polar surface area (TPSA) is 66.0 Å². The van der Waals surface area contributed by atoms with Gasteiger partial charge in [-0.1, -0.05) is 19.8 Å². The van der Waals surface area contributed by atoms with E-state index in [1.807, 2.05) is 12.1 Å². The zero-order valence-electron chi connectivity index (χ0n) is 11.0. The van der Waals surface area contributed by atoms with Crippen LogP contribution in [0.3, 0.4) is 0 Å². The van der Waals surface area contributed by atoms with Crippen LogP contribution in [0.4, 0.5) is 5.69 Å². The van der Waals surface area contributed by atoms with Crippen LogP contribution in [0, 0.1) is 11.3 Å². The van der Waals surface area contributed by atoms with Crippen LogP contribution in [0.5, 0.6) is 0 Å². The Morgan fingerprint density at radius 1 is 1.50 bits per heavy atom. The minimum Gasteiger partial charge on any atom is -0.382 e. The fourth-order valence-corrected chi connectivity index (χ4v) is 2.73. The summed E-state index contributed by atoms with van der Waals surface area (Å²) in [6, 6.07) is 3.93. The van der Waals surface area contributed by atoms with Gasteiger partial charge in [-0.15, -0.1) is 0 Å². The second kappa shape index (κ2) is 5.85. The van der Waals surface area contributed by atoms with Crippen LogP contribution in [0.1, 0.15) is 38.3 Å². The largest absolute Gasteiger partial charge is 0.382 e. The molecule has 0 amide bonds. The molecule has 0 atom stereocenters. The van der Waals surface area contributed by atoms with Crippen molar-refractivity contribution in [2.45, 2.75) is 32.6 Å². The number of hydrogen-bond donors (Lipinski definition) is 2. The summed E-state index contributed by atoms with van der Waals surface area (Å²) in [4.78, 5) is 6.53. The van der Waals surface area contributed by atoms with Crippen molar-refractivity contribution in [3.05, 3.63) is 24.0 Å². The van der Waals surface area contributed by atoms with Crippen molar-refractivity contribution in [2.24, 2.45) is 11.7 Å². The Bertz CT molecular complexity index is 408. The first-order valence-electron chi connectivity index (χ1n) is 6.76. The molecule has 0 aliphatic carbocycles. The third kappa shape index (κ3) is 2.81. The molecule has 0 aromatic carbocycles. The van der Waals surface area contributed by atoms with Gasteiger partial charge in [0, 0.05) is 19.3 Å². The van der Waals surface area contributed by atoms with Crippen LogP contribution in [0.25, 0.3) is 0 Å². The molecule has 98 valence electrons. The zero-order chi connectivity index (χ0) is 13.0. The third-order valence-electron chi connectivity index (χ3n) is 3.69. The molecule has 4 heteroatoms. The molecular weight excluding hydrogens is 224 g/mol. The van der Waals surface area contributed by atoms with Crippen LogP contribution in [0.2, 0.25) is 0 Å². The number of nitrogen functional groups attached to an aromatic ring is 1. The minimum absolute atomic E-state index is 0.0567. The molecule has 2 rings (SSSR count). The highest BCUT2D eigenvalue weighted by Gasteiger charge is 2.21. The predicted octanol–water partition coefficient (Wildman–Crippen LogP) is 2.38. The fraction of sp³-hybridized carbons (Fsp3) is 0.571. The van der Waals surface area contributed by atoms with Crippen molar-refractivity contribution in [1.29, 1.82) is 5.41 Å². The number of nitrogens with zero attached hydrogens (tertiary/aromatic N) is 2. The molecule has 0 unspecified atom stereocenters. The molecule has 0 radical (unpaired) electrons. The van der Waals surface area contributed by atoms with Gasteiger partial charge in [0.25, 0.3) is 0 Å². The molecule has 1 aliphatic heterocycles. The van der Waals surface area contributed by atoms with Crippen molar-refractivity contribution in [3.8, 4) is 0 Å². The lowest BCUT2D eigenvalue weighted by molar-refractivity contribution is 0.378. The summed E-state index contributed by atoms with van der Waals surface area (Å²) in [7, 11) is 0. The van der Waals surface area contributed by atoms with Crippen LogP contribution in [-0.4, -0.2) is 23.9 Å². The lowest BCUT2D eigenvalue weighted by Gasteiger charge is -2.34. The summed E-state index contributed by atoms with van der Waals surface area (Å²) in [6.45, 7) is 4.36. The van der Waals surface area contributed by atoms with Gasteiger partial charge in [-0.25, -0.2) is 0 Å². The summed E-state index contributed by atoms with van der Waals surface area (Å²) < 4.78 is 0. The molecule has 0 bridgehead atoms. The number of rotatable bonds is 4. The van der Waals surface area contributed by atoms with E-state index in [-0.39, 0.29) is 5.84 Å². The SMILES string of the molecule is CCCC1CCN(c2cccnc2C(=N)N)CC1. The molecule has 2 heterocycles. The Morgan fingerprint density at radius 3 is 2.83 bits per heavy atom. The van der Waals surface area contributed by atoms with Crippen LogP contribution >= 0.6 is 0 Å². The normalized spacial score (nSPS) is 16.8. The number of nitrogens with two attached hydrogens (primary N) is 1. The van der Waals surface area contributed by atoms with E-state index >= 15 is 0 Å². The molecule has 1 aliphatic rings. The van der Waals surface area contributed by atoms with Crippen molar-refractivity contribution in [1.82, 2.24) is 4.98 Å². The maximum absolute atomic E-state index is 7.59. The Hall–Kier alpha value is -1.58. The second-order valence-corrected chi connectivity index (χ2v) is 5.00. The van der Waals surface area contributed by atoms with Crippen molar-refractivity contribution in [3.63, 3.8) is 0 Å². The monoisotopic (exact) mass is 246 g/mol. The summed E-state index contributed by atoms with van der Waals surface area (Å²) in [5.74, 6) is 0.921. The molecule has 1 fully saturated rings. The zero-order valence-corrected chi connectivity index (χ0v) is 11.0. The average Bonchev–Trinajstić information content (AvgIpc) is 2.40. The molecule has 1 aromatic heterocycles. The molecule has 18 heavy (non-hydrogen) atoms. The highest BCUT2D eigenvalue weighted by Crippen LogP contribution is 2.27. The predicted molar refractivity (Wildman–Crippen MR) is 75.1 cm³/mol. The third-order valence-corrected chi connectivity index (χ3v) is 3.69. The fourth-order valence-electron chi connectivity index (χ4n) is 2.73. The average molecular weight is 246 g/mol. The van der Waals surface area contributed by atoms with E-state index in [2.05, 4.69) is 16.8 Å². The first-order chi connectivity index (χ1) is 8.72. The number of aromatic nitrogens is 1. The first kappa shape index (κ1) is 12.9. The smallest absolute Gasteiger partial charge is 0.143 e. The summed E-state index contributed by atoms with van der Waals surface area (Å²) >= 11 is 0. The van der Waals surface area contributed by atoms with Crippen molar-refractivity contribution in [2.75, 3.05) is 18.0 Å². The summed E-state index contributed by atoms with van der Waals surface area (Å²) in [6.07, 6.45) is 6.78. The molecule has 1 aromatic rings. The Morgan fingerprint density at radius 2 is 2.22 bits per heavy atom. The molecule has 1 saturated heterocycles. The lowest BCUT2D eigenvalue weighted by Crippen LogP contribution is -2.35. The number of piperidine rings is 1. The van der Waals surface area contributed by atoms with E-state index in [0.717, 1.165) is 24.7 Å². The van der Waals surface area contributed by atoms with E-state index in [1.165, 1.54) is 25.7 Å². The minimum atomic E-state index is 0.0567. The summed E-state index contributed by atoms with van der Waals surface area (Å²) in [5.41, 5.74) is 7.22. The highest BCUT2D eigenvalue weighted by molar-refractivity contribution is 5.98. The molecular formula is C14H22N4. The lowest BCUT2D eigenvalue weighted by atomic mass is 9.92. The molecule has 3 N–H and O–H groups in total. The Labute approximate surface area is 109 Å². The second-order valence-electron chi connectivity index (χ2n) is 5.00. The Balaban J connectivity index is 2.07. The van der Waals surface area contributed by atoms with E-state index in [4.69, 9.17) is 11.1 Å². The van der Waals surface area contributed by atoms with E-state index in [1.54, 1.807) is 6.20 Å². The van der Waals surface area contributed by atoms with Gasteiger partial charge in [0.15, 0.2) is 0 Å². The van der Waals surface area contributed by atoms with E-state index < -0.39 is 0 Å². The molecule has 4 nitrogen and oxygen atoms in total. The number of hydrogen-bond acceptors (Lipinski definition) is 3. The molecule has 0 spiro atoms. The van der Waals surface area contributed by atoms with Gasteiger partial charge in [0.2, 0.25) is 0 Å². The van der Waals surface area contributed by atoms with Gasteiger partial charge >= 0.3 is 0 Å². The van der Waals surface area contributed by atoms with Gasteiger partial charge in [-0.2, -0.15) is 0 Å². The number of pyridine rings is 1. The number of amidine groups is 1.